The van der Waals surface area contributed by atoms with Gasteiger partial charge in [0, 0.05) is 5.56 Å². The molecule has 7 nitrogen and oxygen atoms in total. The predicted octanol–water partition coefficient (Wildman–Crippen LogP) is 0.509. The fourth-order valence-corrected chi connectivity index (χ4v) is 2.33. The van der Waals surface area contributed by atoms with E-state index in [-0.39, 0.29) is 18.2 Å². The van der Waals surface area contributed by atoms with Crippen LogP contribution in [-0.4, -0.2) is 40.2 Å². The van der Waals surface area contributed by atoms with Gasteiger partial charge in [0.25, 0.3) is 0 Å². The molecule has 0 atom stereocenters. The van der Waals surface area contributed by atoms with E-state index in [2.05, 4.69) is 21.4 Å². The fourth-order valence-electron chi connectivity index (χ4n) is 1.64. The number of amides is 1. The summed E-state index contributed by atoms with van der Waals surface area (Å²) in [5, 5.41) is 11.0. The summed E-state index contributed by atoms with van der Waals surface area (Å²) < 4.78 is 6.45. The molecular formula is C14H15N5O2S. The average molecular weight is 317 g/mol. The van der Waals surface area contributed by atoms with Crippen molar-refractivity contribution in [3.05, 3.63) is 24.3 Å². The minimum atomic E-state index is -0.183. The number of aromatic nitrogens is 3. The van der Waals surface area contributed by atoms with Crippen molar-refractivity contribution >= 4 is 17.7 Å². The molecule has 0 fully saturated rings. The van der Waals surface area contributed by atoms with E-state index in [1.54, 1.807) is 7.11 Å². The summed E-state index contributed by atoms with van der Waals surface area (Å²) in [6, 6.07) is 7.29. The number of nitrogen functional groups attached to an aromatic ring is 1. The third-order valence-corrected chi connectivity index (χ3v) is 3.68. The molecule has 0 unspecified atom stereocenters. The number of carbonyl (C=O) groups excluding carboxylic acids is 1. The molecule has 0 spiro atoms. The maximum atomic E-state index is 11.5. The minimum Gasteiger partial charge on any atom is -0.497 e. The van der Waals surface area contributed by atoms with Crippen LogP contribution in [0.1, 0.15) is 0 Å². The number of thioether (sulfide) groups is 1. The van der Waals surface area contributed by atoms with E-state index in [1.807, 2.05) is 24.3 Å². The summed E-state index contributed by atoms with van der Waals surface area (Å²) >= 11 is 1.19. The van der Waals surface area contributed by atoms with Gasteiger partial charge in [-0.3, -0.25) is 4.79 Å². The largest absolute Gasteiger partial charge is 0.497 e. The first-order valence-electron chi connectivity index (χ1n) is 6.33. The number of benzene rings is 1. The number of nitrogens with one attached hydrogen (secondary N) is 1. The van der Waals surface area contributed by atoms with Crippen LogP contribution < -0.4 is 15.9 Å². The molecule has 0 bridgehead atoms. The van der Waals surface area contributed by atoms with E-state index < -0.39 is 0 Å². The van der Waals surface area contributed by atoms with Gasteiger partial charge >= 0.3 is 0 Å². The highest BCUT2D eigenvalue weighted by atomic mass is 32.2. The van der Waals surface area contributed by atoms with Crippen molar-refractivity contribution in [2.45, 2.75) is 5.16 Å². The number of nitrogens with zero attached hydrogens (tertiary/aromatic N) is 3. The van der Waals surface area contributed by atoms with Crippen molar-refractivity contribution in [1.82, 2.24) is 20.2 Å². The number of carbonyl (C=O) groups is 1. The highest BCUT2D eigenvalue weighted by Crippen LogP contribution is 2.23. The molecule has 1 heterocycles. The van der Waals surface area contributed by atoms with Gasteiger partial charge in [0.2, 0.25) is 11.1 Å². The summed E-state index contributed by atoms with van der Waals surface area (Å²) in [5.41, 5.74) is 0.805. The molecular weight excluding hydrogens is 302 g/mol. The number of rotatable bonds is 6. The van der Waals surface area contributed by atoms with Gasteiger partial charge in [0.15, 0.2) is 5.82 Å². The SMILES string of the molecule is C#CCNC(=O)CSc1nnc(-c2ccc(OC)cc2)n1N. The first-order valence-corrected chi connectivity index (χ1v) is 7.32. The summed E-state index contributed by atoms with van der Waals surface area (Å²) in [4.78, 5) is 11.5. The molecule has 8 heteroatoms. The van der Waals surface area contributed by atoms with Gasteiger partial charge in [0.05, 0.1) is 19.4 Å². The average Bonchev–Trinajstić information content (AvgIpc) is 2.92. The Hall–Kier alpha value is -2.66. The Bertz CT molecular complexity index is 690. The zero-order chi connectivity index (χ0) is 15.9. The van der Waals surface area contributed by atoms with E-state index in [4.69, 9.17) is 17.0 Å². The highest BCUT2D eigenvalue weighted by Gasteiger charge is 2.13. The molecule has 0 saturated heterocycles. The smallest absolute Gasteiger partial charge is 0.231 e. The third-order valence-electron chi connectivity index (χ3n) is 2.73. The van der Waals surface area contributed by atoms with E-state index in [9.17, 15) is 4.79 Å². The third kappa shape index (κ3) is 3.71. The van der Waals surface area contributed by atoms with Crippen LogP contribution in [0, 0.1) is 12.3 Å². The number of nitrogens with two attached hydrogens (primary N) is 1. The molecule has 2 aromatic rings. The summed E-state index contributed by atoms with van der Waals surface area (Å²) in [6.07, 6.45) is 5.07. The Morgan fingerprint density at radius 1 is 1.45 bits per heavy atom. The van der Waals surface area contributed by atoms with Crippen LogP contribution in [-0.2, 0) is 4.79 Å². The summed E-state index contributed by atoms with van der Waals surface area (Å²) in [5.74, 6) is 9.54. The second kappa shape index (κ2) is 7.38. The lowest BCUT2D eigenvalue weighted by molar-refractivity contribution is -0.118. The van der Waals surface area contributed by atoms with E-state index in [0.29, 0.717) is 11.0 Å². The number of hydrogen-bond donors (Lipinski definition) is 2. The van der Waals surface area contributed by atoms with Gasteiger partial charge < -0.3 is 15.9 Å². The first-order chi connectivity index (χ1) is 10.7. The van der Waals surface area contributed by atoms with E-state index in [1.165, 1.54) is 16.4 Å². The van der Waals surface area contributed by atoms with Crippen LogP contribution in [0.15, 0.2) is 29.4 Å². The van der Waals surface area contributed by atoms with Gasteiger partial charge in [0.1, 0.15) is 5.75 Å². The minimum absolute atomic E-state index is 0.166. The van der Waals surface area contributed by atoms with Crippen LogP contribution in [0.25, 0.3) is 11.4 Å². The van der Waals surface area contributed by atoms with Crippen LogP contribution in [0.3, 0.4) is 0 Å². The molecule has 0 saturated carbocycles. The number of hydrogen-bond acceptors (Lipinski definition) is 6. The fraction of sp³-hybridized carbons (Fsp3) is 0.214. The van der Waals surface area contributed by atoms with Crippen LogP contribution >= 0.6 is 11.8 Å². The molecule has 0 aliphatic carbocycles. The molecule has 1 amide bonds. The van der Waals surface area contributed by atoms with Crippen molar-refractivity contribution in [3.8, 4) is 29.5 Å². The molecule has 22 heavy (non-hydrogen) atoms. The quantitative estimate of drug-likeness (QED) is 0.458. The maximum Gasteiger partial charge on any atom is 0.231 e. The van der Waals surface area contributed by atoms with Crippen LogP contribution in [0.2, 0.25) is 0 Å². The Kier molecular flexibility index (Phi) is 5.27. The number of ether oxygens (including phenoxy) is 1. The second-order valence-corrected chi connectivity index (χ2v) is 5.12. The second-order valence-electron chi connectivity index (χ2n) is 4.17. The molecule has 2 rings (SSSR count). The van der Waals surface area contributed by atoms with Crippen molar-refractivity contribution < 1.29 is 9.53 Å². The van der Waals surface area contributed by atoms with E-state index in [0.717, 1.165) is 11.3 Å². The Labute approximate surface area is 132 Å². The van der Waals surface area contributed by atoms with Crippen molar-refractivity contribution in [1.29, 1.82) is 0 Å². The molecule has 0 radical (unpaired) electrons. The molecule has 114 valence electrons. The van der Waals surface area contributed by atoms with Crippen molar-refractivity contribution in [2.75, 3.05) is 25.3 Å². The number of methoxy groups -OCH3 is 1. The maximum absolute atomic E-state index is 11.5. The standard InChI is InChI=1S/C14H15N5O2S/c1-3-8-16-12(20)9-22-14-18-17-13(19(14)15)10-4-6-11(21-2)7-5-10/h1,4-7H,8-9,15H2,2H3,(H,16,20). The topological polar surface area (TPSA) is 95.1 Å². The van der Waals surface area contributed by atoms with Gasteiger partial charge in [-0.1, -0.05) is 17.7 Å². The lowest BCUT2D eigenvalue weighted by atomic mass is 10.2. The summed E-state index contributed by atoms with van der Waals surface area (Å²) in [6.45, 7) is 0.200. The Morgan fingerprint density at radius 3 is 2.82 bits per heavy atom. The highest BCUT2D eigenvalue weighted by molar-refractivity contribution is 7.99. The lowest BCUT2D eigenvalue weighted by Crippen LogP contribution is -2.25. The zero-order valence-electron chi connectivity index (χ0n) is 11.9. The normalized spacial score (nSPS) is 10.0. The van der Waals surface area contributed by atoms with Gasteiger partial charge in [-0.2, -0.15) is 0 Å². The van der Waals surface area contributed by atoms with E-state index >= 15 is 0 Å². The van der Waals surface area contributed by atoms with Gasteiger partial charge in [-0.25, -0.2) is 4.68 Å². The van der Waals surface area contributed by atoms with Crippen LogP contribution in [0.5, 0.6) is 5.75 Å². The first kappa shape index (κ1) is 15.7. The Balaban J connectivity index is 2.05. The molecule has 0 aliphatic rings. The predicted molar refractivity (Wildman–Crippen MR) is 84.7 cm³/mol. The monoisotopic (exact) mass is 317 g/mol. The number of terminal acetylenes is 1. The van der Waals surface area contributed by atoms with Crippen LogP contribution in [0.4, 0.5) is 0 Å². The molecule has 3 N–H and O–H groups in total. The summed E-state index contributed by atoms with van der Waals surface area (Å²) in [7, 11) is 1.60. The van der Waals surface area contributed by atoms with Gasteiger partial charge in [-0.15, -0.1) is 16.6 Å². The molecule has 1 aromatic heterocycles. The zero-order valence-corrected chi connectivity index (χ0v) is 12.8. The van der Waals surface area contributed by atoms with Crippen molar-refractivity contribution in [2.24, 2.45) is 0 Å². The Morgan fingerprint density at radius 2 is 2.18 bits per heavy atom. The lowest BCUT2D eigenvalue weighted by Gasteiger charge is -2.05. The molecule has 0 aliphatic heterocycles. The van der Waals surface area contributed by atoms with Gasteiger partial charge in [-0.05, 0) is 24.3 Å². The molecule has 1 aromatic carbocycles. The van der Waals surface area contributed by atoms with Crippen molar-refractivity contribution in [3.63, 3.8) is 0 Å².